The van der Waals surface area contributed by atoms with Crippen LogP contribution in [0.4, 0.5) is 11.6 Å². The molecule has 0 saturated carbocycles. The van der Waals surface area contributed by atoms with Crippen molar-refractivity contribution in [2.75, 3.05) is 49.1 Å². The average Bonchev–Trinajstić information content (AvgIpc) is 2.79. The van der Waals surface area contributed by atoms with Crippen molar-refractivity contribution in [3.05, 3.63) is 47.5 Å². The Bertz CT molecular complexity index is 872. The Morgan fingerprint density at radius 2 is 1.32 bits per heavy atom. The van der Waals surface area contributed by atoms with Crippen LogP contribution < -0.4 is 9.80 Å². The van der Waals surface area contributed by atoms with Crippen molar-refractivity contribution in [3.63, 3.8) is 0 Å². The standard InChI is InChI=1S/C25H35N5O/c1-19-11-13-28(14-12-19)22-9-10-23(27-26-22)29-15-17-30(18-16-29)24(31)20-5-7-21(8-6-20)25(2,3)4/h5-10,19H,11-18H2,1-4H3. The average molecular weight is 422 g/mol. The molecule has 0 aliphatic carbocycles. The highest BCUT2D eigenvalue weighted by Crippen LogP contribution is 2.24. The first-order valence-corrected chi connectivity index (χ1v) is 11.5. The fraction of sp³-hybridized carbons (Fsp3) is 0.560. The molecule has 2 aromatic rings. The van der Waals surface area contributed by atoms with Crippen LogP contribution in [0.25, 0.3) is 0 Å². The van der Waals surface area contributed by atoms with E-state index in [1.807, 2.05) is 17.0 Å². The molecule has 4 rings (SSSR count). The summed E-state index contributed by atoms with van der Waals surface area (Å²) in [5.74, 6) is 2.79. The zero-order valence-corrected chi connectivity index (χ0v) is 19.3. The van der Waals surface area contributed by atoms with Crippen LogP contribution >= 0.6 is 0 Å². The van der Waals surface area contributed by atoms with Crippen LogP contribution in [0.15, 0.2) is 36.4 Å². The summed E-state index contributed by atoms with van der Waals surface area (Å²) in [6.45, 7) is 14.0. The molecule has 0 N–H and O–H groups in total. The topological polar surface area (TPSA) is 52.6 Å². The summed E-state index contributed by atoms with van der Waals surface area (Å²) < 4.78 is 0. The minimum Gasteiger partial charge on any atom is -0.355 e. The summed E-state index contributed by atoms with van der Waals surface area (Å²) in [5, 5.41) is 8.97. The second-order valence-corrected chi connectivity index (χ2v) is 10.0. The van der Waals surface area contributed by atoms with E-state index in [1.54, 1.807) is 0 Å². The van der Waals surface area contributed by atoms with E-state index in [0.29, 0.717) is 13.1 Å². The largest absolute Gasteiger partial charge is 0.355 e. The molecule has 31 heavy (non-hydrogen) atoms. The molecule has 6 heteroatoms. The number of anilines is 2. The predicted octanol–water partition coefficient (Wildman–Crippen LogP) is 3.97. The van der Waals surface area contributed by atoms with E-state index in [4.69, 9.17) is 0 Å². The minimum atomic E-state index is 0.0935. The number of carbonyl (C=O) groups excluding carboxylic acids is 1. The molecule has 0 radical (unpaired) electrons. The normalized spacial score (nSPS) is 18.4. The second kappa shape index (κ2) is 8.85. The zero-order chi connectivity index (χ0) is 22.0. The zero-order valence-electron chi connectivity index (χ0n) is 19.3. The Labute approximate surface area is 186 Å². The van der Waals surface area contributed by atoms with Crippen LogP contribution in [0.3, 0.4) is 0 Å². The lowest BCUT2D eigenvalue weighted by molar-refractivity contribution is 0.0746. The fourth-order valence-corrected chi connectivity index (χ4v) is 4.33. The van der Waals surface area contributed by atoms with Gasteiger partial charge in [0.1, 0.15) is 0 Å². The first-order valence-electron chi connectivity index (χ1n) is 11.5. The van der Waals surface area contributed by atoms with Crippen LogP contribution in [0.2, 0.25) is 0 Å². The van der Waals surface area contributed by atoms with Gasteiger partial charge in [-0.2, -0.15) is 0 Å². The van der Waals surface area contributed by atoms with Gasteiger partial charge in [0.05, 0.1) is 0 Å². The Kier molecular flexibility index (Phi) is 6.17. The maximum atomic E-state index is 12.9. The number of nitrogens with zero attached hydrogens (tertiary/aromatic N) is 5. The monoisotopic (exact) mass is 421 g/mol. The van der Waals surface area contributed by atoms with Gasteiger partial charge in [-0.25, -0.2) is 0 Å². The molecule has 6 nitrogen and oxygen atoms in total. The molecule has 2 aliphatic rings. The second-order valence-electron chi connectivity index (χ2n) is 10.0. The summed E-state index contributed by atoms with van der Waals surface area (Å²) in [4.78, 5) is 19.4. The molecule has 1 amide bonds. The third kappa shape index (κ3) is 5.00. The molecular weight excluding hydrogens is 386 g/mol. The first-order chi connectivity index (χ1) is 14.8. The third-order valence-corrected chi connectivity index (χ3v) is 6.63. The van der Waals surface area contributed by atoms with Gasteiger partial charge in [0.25, 0.3) is 5.91 Å². The molecule has 0 bridgehead atoms. The Morgan fingerprint density at radius 3 is 1.81 bits per heavy atom. The van der Waals surface area contributed by atoms with Gasteiger partial charge in [0.15, 0.2) is 11.6 Å². The van der Waals surface area contributed by atoms with Crippen LogP contribution in [-0.4, -0.2) is 60.3 Å². The van der Waals surface area contributed by atoms with Gasteiger partial charge in [-0.1, -0.05) is 39.8 Å². The summed E-state index contributed by atoms with van der Waals surface area (Å²) in [6.07, 6.45) is 2.44. The van der Waals surface area contributed by atoms with E-state index >= 15 is 0 Å². The summed E-state index contributed by atoms with van der Waals surface area (Å²) >= 11 is 0. The summed E-state index contributed by atoms with van der Waals surface area (Å²) in [6, 6.07) is 12.2. The Morgan fingerprint density at radius 1 is 0.806 bits per heavy atom. The quantitative estimate of drug-likeness (QED) is 0.751. The van der Waals surface area contributed by atoms with Crippen molar-refractivity contribution in [1.82, 2.24) is 15.1 Å². The highest BCUT2D eigenvalue weighted by molar-refractivity contribution is 5.94. The van der Waals surface area contributed by atoms with Crippen molar-refractivity contribution in [1.29, 1.82) is 0 Å². The molecule has 1 aromatic heterocycles. The van der Waals surface area contributed by atoms with E-state index in [2.05, 4.69) is 72.0 Å². The van der Waals surface area contributed by atoms with Gasteiger partial charge in [-0.3, -0.25) is 4.79 Å². The van der Waals surface area contributed by atoms with E-state index in [-0.39, 0.29) is 11.3 Å². The lowest BCUT2D eigenvalue weighted by Gasteiger charge is -2.35. The lowest BCUT2D eigenvalue weighted by Crippen LogP contribution is -2.49. The highest BCUT2D eigenvalue weighted by atomic mass is 16.2. The van der Waals surface area contributed by atoms with Crippen molar-refractivity contribution in [3.8, 4) is 0 Å². The van der Waals surface area contributed by atoms with Gasteiger partial charge in [-0.15, -0.1) is 10.2 Å². The van der Waals surface area contributed by atoms with Crippen LogP contribution in [-0.2, 0) is 5.41 Å². The molecule has 0 spiro atoms. The third-order valence-electron chi connectivity index (χ3n) is 6.63. The van der Waals surface area contributed by atoms with Crippen LogP contribution in [0.5, 0.6) is 0 Å². The number of hydrogen-bond donors (Lipinski definition) is 0. The molecular formula is C25H35N5O. The number of piperazine rings is 1. The number of piperidine rings is 1. The van der Waals surface area contributed by atoms with E-state index in [0.717, 1.165) is 49.3 Å². The maximum absolute atomic E-state index is 12.9. The minimum absolute atomic E-state index is 0.0935. The summed E-state index contributed by atoms with van der Waals surface area (Å²) in [5.41, 5.74) is 2.10. The molecule has 0 atom stereocenters. The maximum Gasteiger partial charge on any atom is 0.253 e. The predicted molar refractivity (Wildman–Crippen MR) is 126 cm³/mol. The van der Waals surface area contributed by atoms with E-state index in [9.17, 15) is 4.79 Å². The smallest absolute Gasteiger partial charge is 0.253 e. The van der Waals surface area contributed by atoms with Gasteiger partial charge < -0.3 is 14.7 Å². The van der Waals surface area contributed by atoms with E-state index < -0.39 is 0 Å². The van der Waals surface area contributed by atoms with Gasteiger partial charge in [-0.05, 0) is 54.0 Å². The first kappa shape index (κ1) is 21.6. The molecule has 1 aromatic carbocycles. The van der Waals surface area contributed by atoms with Crippen molar-refractivity contribution in [2.24, 2.45) is 5.92 Å². The number of rotatable bonds is 3. The molecule has 0 unspecified atom stereocenters. The number of carbonyl (C=O) groups is 1. The van der Waals surface area contributed by atoms with Crippen LogP contribution in [0, 0.1) is 5.92 Å². The fourth-order valence-electron chi connectivity index (χ4n) is 4.33. The lowest BCUT2D eigenvalue weighted by atomic mass is 9.86. The van der Waals surface area contributed by atoms with Crippen LogP contribution in [0.1, 0.15) is 56.5 Å². The van der Waals surface area contributed by atoms with Gasteiger partial charge in [0.2, 0.25) is 0 Å². The number of benzene rings is 1. The highest BCUT2D eigenvalue weighted by Gasteiger charge is 2.24. The summed E-state index contributed by atoms with van der Waals surface area (Å²) in [7, 11) is 0. The van der Waals surface area contributed by atoms with Crippen molar-refractivity contribution < 1.29 is 4.79 Å². The number of aromatic nitrogens is 2. The molecule has 3 heterocycles. The molecule has 2 aliphatic heterocycles. The van der Waals surface area contributed by atoms with Gasteiger partial charge >= 0.3 is 0 Å². The Hall–Kier alpha value is -2.63. The SMILES string of the molecule is CC1CCN(c2ccc(N3CCN(C(=O)c4ccc(C(C)(C)C)cc4)CC3)nn2)CC1. The van der Waals surface area contributed by atoms with Crippen molar-refractivity contribution in [2.45, 2.75) is 46.0 Å². The number of hydrogen-bond acceptors (Lipinski definition) is 5. The van der Waals surface area contributed by atoms with Gasteiger partial charge in [0, 0.05) is 44.8 Å². The molecule has 2 fully saturated rings. The molecule has 2 saturated heterocycles. The van der Waals surface area contributed by atoms with Crippen molar-refractivity contribution >= 4 is 17.5 Å². The molecule has 166 valence electrons. The van der Waals surface area contributed by atoms with E-state index in [1.165, 1.54) is 18.4 Å². The number of amides is 1. The Balaban J connectivity index is 1.32.